The Labute approximate surface area is 322 Å². The smallest absolute Gasteiger partial charge is 0.256 e. The molecule has 3 heterocycles. The molecule has 0 saturated carbocycles. The minimum Gasteiger partial charge on any atom is -0.497 e. The predicted molar refractivity (Wildman–Crippen MR) is 213 cm³/mol. The summed E-state index contributed by atoms with van der Waals surface area (Å²) in [4.78, 5) is 26.5. The Morgan fingerprint density at radius 1 is 0.836 bits per heavy atom. The van der Waals surface area contributed by atoms with E-state index in [1.54, 1.807) is 42.3 Å². The Hall–Kier alpha value is -5.24. The molecule has 1 amide bonds. The zero-order valence-electron chi connectivity index (χ0n) is 31.9. The van der Waals surface area contributed by atoms with E-state index in [0.29, 0.717) is 16.7 Å². The summed E-state index contributed by atoms with van der Waals surface area (Å²) in [5.41, 5.74) is 2.89. The molecule has 0 radical (unpaired) electrons. The summed E-state index contributed by atoms with van der Waals surface area (Å²) in [5, 5.41) is 14.9. The first-order valence-corrected chi connectivity index (χ1v) is 21.3. The lowest BCUT2D eigenvalue weighted by Gasteiger charge is -2.41. The molecule has 0 spiro atoms. The fourth-order valence-electron chi connectivity index (χ4n) is 6.77. The van der Waals surface area contributed by atoms with E-state index in [-0.39, 0.29) is 23.4 Å². The van der Waals surface area contributed by atoms with Crippen LogP contribution in [-0.2, 0) is 19.5 Å². The standard InChI is InChI=1S/C43H47N5O6Si/c1-42(2,3)55(5,6)54-37-34(26-52-43(30-18-12-8-13-19-30,31-20-14-9-15-21-31)32-22-24-33(51-4)25-23-32)53-41(36(37)49)48-28-46-35-38(44-27-45-39(35)48)47-40(50)29-16-10-7-11-17-29/h7-25,27-28,34,36-37,41,49H,26H2,1-6H3,(H,44,45,47,50)/t34-,36-,37-,41-/m1/s1. The molecule has 0 aliphatic carbocycles. The zero-order valence-corrected chi connectivity index (χ0v) is 32.9. The average molecular weight is 758 g/mol. The first kappa shape index (κ1) is 38.0. The number of hydrogen-bond acceptors (Lipinski definition) is 9. The SMILES string of the molecule is COc1ccc(C(OC[C@H]2O[C@@H](n3cnc4c(NC(=O)c5ccccc5)ncnc43)[C@H](O)[C@@H]2O[Si](C)(C)C(C)(C)C)(c2ccccc2)c2ccccc2)cc1. The minimum absolute atomic E-state index is 0.0582. The van der Waals surface area contributed by atoms with Crippen LogP contribution in [0.4, 0.5) is 5.82 Å². The fourth-order valence-corrected chi connectivity index (χ4v) is 8.10. The zero-order chi connectivity index (χ0) is 38.8. The lowest BCUT2D eigenvalue weighted by Crippen LogP contribution is -2.50. The highest BCUT2D eigenvalue weighted by Gasteiger charge is 2.52. The topological polar surface area (TPSA) is 130 Å². The van der Waals surface area contributed by atoms with Crippen molar-refractivity contribution >= 4 is 31.2 Å². The van der Waals surface area contributed by atoms with Gasteiger partial charge in [-0.1, -0.05) is 112 Å². The van der Waals surface area contributed by atoms with Crippen LogP contribution in [0.25, 0.3) is 11.2 Å². The Kier molecular flexibility index (Phi) is 10.7. The molecule has 1 aliphatic heterocycles. The number of carbonyl (C=O) groups excluding carboxylic acids is 1. The molecule has 55 heavy (non-hydrogen) atoms. The second kappa shape index (κ2) is 15.5. The van der Waals surface area contributed by atoms with Crippen LogP contribution in [-0.4, -0.2) is 70.9 Å². The molecule has 284 valence electrons. The number of aliphatic hydroxyl groups excluding tert-OH is 1. The summed E-state index contributed by atoms with van der Waals surface area (Å²) in [6.45, 7) is 10.9. The lowest BCUT2D eigenvalue weighted by atomic mass is 9.80. The third kappa shape index (κ3) is 7.43. The van der Waals surface area contributed by atoms with E-state index in [4.69, 9.17) is 18.6 Å². The van der Waals surface area contributed by atoms with Gasteiger partial charge in [0.2, 0.25) is 0 Å². The van der Waals surface area contributed by atoms with Crippen LogP contribution in [0.15, 0.2) is 128 Å². The number of nitrogens with one attached hydrogen (secondary N) is 1. The number of benzene rings is 4. The molecular formula is C43H47N5O6Si. The molecule has 11 nitrogen and oxygen atoms in total. The fraction of sp³-hybridized carbons (Fsp3) is 0.302. The molecule has 2 aromatic heterocycles. The van der Waals surface area contributed by atoms with Crippen LogP contribution in [0.2, 0.25) is 18.1 Å². The van der Waals surface area contributed by atoms with E-state index in [1.807, 2.05) is 66.7 Å². The van der Waals surface area contributed by atoms with Crippen molar-refractivity contribution < 1.29 is 28.5 Å². The van der Waals surface area contributed by atoms with Gasteiger partial charge in [-0.05, 0) is 59.1 Å². The summed E-state index contributed by atoms with van der Waals surface area (Å²) in [5.74, 6) is 0.643. The highest BCUT2D eigenvalue weighted by atomic mass is 28.4. The molecule has 1 aliphatic rings. The molecule has 0 bridgehead atoms. The quantitative estimate of drug-likeness (QED) is 0.0951. The van der Waals surface area contributed by atoms with Gasteiger partial charge in [0.15, 0.2) is 31.5 Å². The van der Waals surface area contributed by atoms with Gasteiger partial charge >= 0.3 is 0 Å². The molecular weight excluding hydrogens is 711 g/mol. The van der Waals surface area contributed by atoms with Crippen LogP contribution in [0.1, 0.15) is 54.0 Å². The van der Waals surface area contributed by atoms with Crippen molar-refractivity contribution in [2.75, 3.05) is 19.0 Å². The first-order chi connectivity index (χ1) is 26.4. The third-order valence-corrected chi connectivity index (χ3v) is 15.2. The van der Waals surface area contributed by atoms with E-state index in [1.165, 1.54) is 6.33 Å². The van der Waals surface area contributed by atoms with Crippen LogP contribution >= 0.6 is 0 Å². The van der Waals surface area contributed by atoms with Gasteiger partial charge in [-0.3, -0.25) is 9.36 Å². The Morgan fingerprint density at radius 3 is 2.00 bits per heavy atom. The van der Waals surface area contributed by atoms with Gasteiger partial charge in [0.1, 0.15) is 36.0 Å². The van der Waals surface area contributed by atoms with Crippen LogP contribution in [0.5, 0.6) is 5.75 Å². The van der Waals surface area contributed by atoms with Gasteiger partial charge in [-0.25, -0.2) is 15.0 Å². The number of methoxy groups -OCH3 is 1. The van der Waals surface area contributed by atoms with E-state index >= 15 is 0 Å². The van der Waals surface area contributed by atoms with Crippen LogP contribution in [0, 0.1) is 0 Å². The molecule has 0 unspecified atom stereocenters. The minimum atomic E-state index is -2.47. The van der Waals surface area contributed by atoms with Crippen LogP contribution in [0.3, 0.4) is 0 Å². The molecule has 7 rings (SSSR count). The highest BCUT2D eigenvalue weighted by Crippen LogP contribution is 2.45. The Balaban J connectivity index is 1.27. The van der Waals surface area contributed by atoms with Gasteiger partial charge in [-0.2, -0.15) is 0 Å². The second-order valence-electron chi connectivity index (χ2n) is 15.2. The maximum absolute atomic E-state index is 13.1. The van der Waals surface area contributed by atoms with Gasteiger partial charge in [-0.15, -0.1) is 0 Å². The first-order valence-electron chi connectivity index (χ1n) is 18.4. The second-order valence-corrected chi connectivity index (χ2v) is 20.0. The van der Waals surface area contributed by atoms with Crippen LogP contribution < -0.4 is 10.1 Å². The lowest BCUT2D eigenvalue weighted by molar-refractivity contribution is -0.0930. The number of aromatic nitrogens is 4. The van der Waals surface area contributed by atoms with Crippen molar-refractivity contribution in [1.82, 2.24) is 19.5 Å². The van der Waals surface area contributed by atoms with E-state index in [2.05, 4.69) is 78.4 Å². The summed E-state index contributed by atoms with van der Waals surface area (Å²) in [6.07, 6.45) is -0.632. The number of rotatable bonds is 12. The van der Waals surface area contributed by atoms with Crippen molar-refractivity contribution in [3.05, 3.63) is 150 Å². The summed E-state index contributed by atoms with van der Waals surface area (Å²) in [7, 11) is -0.821. The summed E-state index contributed by atoms with van der Waals surface area (Å²) in [6, 6.07) is 36.9. The monoisotopic (exact) mass is 757 g/mol. The molecule has 4 aromatic carbocycles. The van der Waals surface area contributed by atoms with Gasteiger partial charge in [0.25, 0.3) is 5.91 Å². The number of hydrogen-bond donors (Lipinski definition) is 2. The molecule has 1 fully saturated rings. The number of fused-ring (bicyclic) bond motifs is 1. The van der Waals surface area contributed by atoms with E-state index < -0.39 is 38.5 Å². The number of imidazole rings is 1. The normalized spacial score (nSPS) is 19.0. The number of aliphatic hydroxyl groups is 1. The number of nitrogens with zero attached hydrogens (tertiary/aromatic N) is 4. The molecule has 1 saturated heterocycles. The van der Waals surface area contributed by atoms with Crippen molar-refractivity contribution in [2.24, 2.45) is 0 Å². The Morgan fingerprint density at radius 2 is 1.42 bits per heavy atom. The molecule has 12 heteroatoms. The Bertz CT molecular complexity index is 2170. The largest absolute Gasteiger partial charge is 0.497 e. The van der Waals surface area contributed by atoms with E-state index in [0.717, 1.165) is 22.4 Å². The summed E-state index contributed by atoms with van der Waals surface area (Å²) < 4.78 is 28.3. The third-order valence-electron chi connectivity index (χ3n) is 10.8. The van der Waals surface area contributed by atoms with Crippen molar-refractivity contribution in [3.8, 4) is 5.75 Å². The number of ether oxygens (including phenoxy) is 3. The maximum Gasteiger partial charge on any atom is 0.256 e. The van der Waals surface area contributed by atoms with Gasteiger partial charge in [0.05, 0.1) is 20.0 Å². The van der Waals surface area contributed by atoms with Crippen molar-refractivity contribution in [1.29, 1.82) is 0 Å². The molecule has 6 aromatic rings. The maximum atomic E-state index is 13.1. The number of anilines is 1. The number of carbonyl (C=O) groups is 1. The van der Waals surface area contributed by atoms with E-state index in [9.17, 15) is 9.90 Å². The summed E-state index contributed by atoms with van der Waals surface area (Å²) >= 11 is 0. The van der Waals surface area contributed by atoms with Crippen molar-refractivity contribution in [2.45, 2.75) is 69.0 Å². The van der Waals surface area contributed by atoms with Crippen molar-refractivity contribution in [3.63, 3.8) is 0 Å². The van der Waals surface area contributed by atoms with Gasteiger partial charge in [0, 0.05) is 5.56 Å². The average Bonchev–Trinajstić information content (AvgIpc) is 3.76. The number of amides is 1. The highest BCUT2D eigenvalue weighted by molar-refractivity contribution is 6.74. The predicted octanol–water partition coefficient (Wildman–Crippen LogP) is 7.74. The molecule has 4 atom stereocenters. The van der Waals surface area contributed by atoms with Gasteiger partial charge < -0.3 is 29.1 Å². The molecule has 2 N–H and O–H groups in total.